The lowest BCUT2D eigenvalue weighted by Gasteiger charge is -2.07. The zero-order valence-corrected chi connectivity index (χ0v) is 12.4. The van der Waals surface area contributed by atoms with Gasteiger partial charge in [0.1, 0.15) is 4.90 Å². The van der Waals surface area contributed by atoms with Crippen molar-refractivity contribution in [2.24, 2.45) is 0 Å². The number of rotatable bonds is 5. The lowest BCUT2D eigenvalue weighted by molar-refractivity contribution is 0.0601. The van der Waals surface area contributed by atoms with Crippen LogP contribution in [-0.4, -0.2) is 31.3 Å². The summed E-state index contributed by atoms with van der Waals surface area (Å²) >= 11 is 0. The van der Waals surface area contributed by atoms with Crippen LogP contribution in [0.25, 0.3) is 0 Å². The molecule has 0 saturated heterocycles. The number of methoxy groups -OCH3 is 1. The van der Waals surface area contributed by atoms with Crippen molar-refractivity contribution >= 4 is 21.7 Å². The highest BCUT2D eigenvalue weighted by Crippen LogP contribution is 2.17. The van der Waals surface area contributed by atoms with Crippen LogP contribution in [0, 0.1) is 0 Å². The summed E-state index contributed by atoms with van der Waals surface area (Å²) in [6.45, 7) is 2.43. The number of nitrogens with one attached hydrogen (secondary N) is 1. The predicted octanol–water partition coefficient (Wildman–Crippen LogP) is 1.49. The maximum absolute atomic E-state index is 12.2. The molecular weight excluding hydrogens is 294 g/mol. The van der Waals surface area contributed by atoms with Crippen molar-refractivity contribution in [3.05, 3.63) is 42.2 Å². The number of sulfonamides is 1. The van der Waals surface area contributed by atoms with Crippen LogP contribution >= 0.6 is 0 Å². The van der Waals surface area contributed by atoms with Crippen molar-refractivity contribution in [3.63, 3.8) is 0 Å². The minimum absolute atomic E-state index is 0.0628. The molecule has 0 radical (unpaired) electrons. The summed E-state index contributed by atoms with van der Waals surface area (Å²) < 4.78 is 32.9. The maximum atomic E-state index is 12.2. The van der Waals surface area contributed by atoms with E-state index in [0.29, 0.717) is 6.54 Å². The highest BCUT2D eigenvalue weighted by molar-refractivity contribution is 7.92. The second kappa shape index (κ2) is 5.96. The van der Waals surface area contributed by atoms with Crippen LogP contribution < -0.4 is 4.72 Å². The molecule has 0 spiro atoms. The van der Waals surface area contributed by atoms with Crippen molar-refractivity contribution in [2.45, 2.75) is 18.4 Å². The van der Waals surface area contributed by atoms with Gasteiger partial charge < -0.3 is 4.74 Å². The summed E-state index contributed by atoms with van der Waals surface area (Å²) in [6.07, 6.45) is 2.71. The van der Waals surface area contributed by atoms with E-state index in [9.17, 15) is 13.2 Å². The third kappa shape index (κ3) is 3.40. The third-order valence-corrected chi connectivity index (χ3v) is 4.12. The maximum Gasteiger partial charge on any atom is 0.337 e. The van der Waals surface area contributed by atoms with Crippen LogP contribution in [0.1, 0.15) is 17.3 Å². The largest absolute Gasteiger partial charge is 0.465 e. The smallest absolute Gasteiger partial charge is 0.337 e. The Kier molecular flexibility index (Phi) is 4.27. The molecule has 8 heteroatoms. The van der Waals surface area contributed by atoms with E-state index in [0.717, 1.165) is 0 Å². The summed E-state index contributed by atoms with van der Waals surface area (Å²) in [6, 6.07) is 6.07. The predicted molar refractivity (Wildman–Crippen MR) is 76.5 cm³/mol. The SMILES string of the molecule is CCn1cc(S(=O)(=O)Nc2cccc(C(=O)OC)c2)cn1. The molecule has 112 valence electrons. The van der Waals surface area contributed by atoms with E-state index in [4.69, 9.17) is 0 Å². The van der Waals surface area contributed by atoms with Gasteiger partial charge in [0, 0.05) is 18.4 Å². The average molecular weight is 309 g/mol. The molecular formula is C13H15N3O4S. The third-order valence-electron chi connectivity index (χ3n) is 2.78. The number of esters is 1. The molecule has 0 aliphatic rings. The van der Waals surface area contributed by atoms with Crippen molar-refractivity contribution in [1.29, 1.82) is 0 Å². The Hall–Kier alpha value is -2.35. The molecule has 1 aromatic carbocycles. The van der Waals surface area contributed by atoms with E-state index in [1.807, 2.05) is 6.92 Å². The van der Waals surface area contributed by atoms with Gasteiger partial charge >= 0.3 is 5.97 Å². The number of carbonyl (C=O) groups excluding carboxylic acids is 1. The van der Waals surface area contributed by atoms with Gasteiger partial charge in [-0.2, -0.15) is 5.10 Å². The topological polar surface area (TPSA) is 90.3 Å². The number of hydrogen-bond donors (Lipinski definition) is 1. The molecule has 0 aliphatic heterocycles. The van der Waals surface area contributed by atoms with Crippen molar-refractivity contribution in [1.82, 2.24) is 9.78 Å². The number of hydrogen-bond acceptors (Lipinski definition) is 5. The van der Waals surface area contributed by atoms with Gasteiger partial charge in [0.05, 0.1) is 18.9 Å². The first-order valence-electron chi connectivity index (χ1n) is 6.20. The van der Waals surface area contributed by atoms with Crippen LogP contribution in [-0.2, 0) is 21.3 Å². The standard InChI is InChI=1S/C13H15N3O4S/c1-3-16-9-12(8-14-16)21(18,19)15-11-6-4-5-10(7-11)13(17)20-2/h4-9,15H,3H2,1-2H3. The number of nitrogens with zero attached hydrogens (tertiary/aromatic N) is 2. The van der Waals surface area contributed by atoms with E-state index >= 15 is 0 Å². The molecule has 0 bridgehead atoms. The summed E-state index contributed by atoms with van der Waals surface area (Å²) in [4.78, 5) is 11.5. The van der Waals surface area contributed by atoms with Crippen LogP contribution in [0.5, 0.6) is 0 Å². The van der Waals surface area contributed by atoms with Gasteiger partial charge in [-0.3, -0.25) is 9.40 Å². The molecule has 1 heterocycles. The van der Waals surface area contributed by atoms with Gasteiger partial charge in [-0.25, -0.2) is 13.2 Å². The van der Waals surface area contributed by atoms with Gasteiger partial charge in [-0.15, -0.1) is 0 Å². The second-order valence-corrected chi connectivity index (χ2v) is 5.89. The molecule has 0 unspecified atom stereocenters. The van der Waals surface area contributed by atoms with Gasteiger partial charge in [-0.05, 0) is 25.1 Å². The lowest BCUT2D eigenvalue weighted by atomic mass is 10.2. The normalized spacial score (nSPS) is 11.1. The Labute approximate surface area is 122 Å². The average Bonchev–Trinajstić information content (AvgIpc) is 2.96. The Morgan fingerprint density at radius 1 is 1.43 bits per heavy atom. The summed E-state index contributed by atoms with van der Waals surface area (Å²) in [5.41, 5.74) is 0.545. The molecule has 0 saturated carbocycles. The number of ether oxygens (including phenoxy) is 1. The van der Waals surface area contributed by atoms with E-state index < -0.39 is 16.0 Å². The monoisotopic (exact) mass is 309 g/mol. The minimum atomic E-state index is -3.74. The van der Waals surface area contributed by atoms with Gasteiger partial charge in [0.2, 0.25) is 0 Å². The van der Waals surface area contributed by atoms with Crippen molar-refractivity contribution in [3.8, 4) is 0 Å². The first-order chi connectivity index (χ1) is 9.96. The van der Waals surface area contributed by atoms with Gasteiger partial charge in [0.15, 0.2) is 0 Å². The molecule has 1 aromatic heterocycles. The fourth-order valence-electron chi connectivity index (χ4n) is 1.70. The Bertz CT molecular complexity index is 752. The molecule has 0 fully saturated rings. The molecule has 1 N–H and O–H groups in total. The number of aromatic nitrogens is 2. The van der Waals surface area contributed by atoms with E-state index in [-0.39, 0.29) is 16.1 Å². The van der Waals surface area contributed by atoms with Crippen LogP contribution in [0.3, 0.4) is 0 Å². The van der Waals surface area contributed by atoms with E-state index in [1.54, 1.807) is 18.2 Å². The number of anilines is 1. The quantitative estimate of drug-likeness (QED) is 0.845. The molecule has 21 heavy (non-hydrogen) atoms. The number of aryl methyl sites for hydroxylation is 1. The zero-order chi connectivity index (χ0) is 15.5. The Morgan fingerprint density at radius 2 is 2.19 bits per heavy atom. The molecule has 0 atom stereocenters. The van der Waals surface area contributed by atoms with Crippen molar-refractivity contribution < 1.29 is 17.9 Å². The van der Waals surface area contributed by atoms with E-state index in [1.165, 1.54) is 30.3 Å². The number of benzene rings is 1. The minimum Gasteiger partial charge on any atom is -0.465 e. The lowest BCUT2D eigenvalue weighted by Crippen LogP contribution is -2.13. The molecule has 0 aliphatic carbocycles. The summed E-state index contributed by atoms with van der Waals surface area (Å²) in [5, 5.41) is 3.93. The Morgan fingerprint density at radius 3 is 2.81 bits per heavy atom. The number of carbonyl (C=O) groups is 1. The first-order valence-corrected chi connectivity index (χ1v) is 7.68. The van der Waals surface area contributed by atoms with Crippen LogP contribution in [0.15, 0.2) is 41.6 Å². The molecule has 2 rings (SSSR count). The Balaban J connectivity index is 2.26. The molecule has 0 amide bonds. The molecule has 7 nitrogen and oxygen atoms in total. The van der Waals surface area contributed by atoms with Gasteiger partial charge in [-0.1, -0.05) is 6.07 Å². The summed E-state index contributed by atoms with van der Waals surface area (Å²) in [7, 11) is -2.48. The fraction of sp³-hybridized carbons (Fsp3) is 0.231. The van der Waals surface area contributed by atoms with Gasteiger partial charge in [0.25, 0.3) is 10.0 Å². The van der Waals surface area contributed by atoms with Crippen LogP contribution in [0.4, 0.5) is 5.69 Å². The van der Waals surface area contributed by atoms with E-state index in [2.05, 4.69) is 14.6 Å². The fourth-order valence-corrected chi connectivity index (χ4v) is 2.70. The van der Waals surface area contributed by atoms with Crippen molar-refractivity contribution in [2.75, 3.05) is 11.8 Å². The zero-order valence-electron chi connectivity index (χ0n) is 11.6. The second-order valence-electron chi connectivity index (χ2n) is 4.21. The molecule has 2 aromatic rings. The first kappa shape index (κ1) is 15.0. The highest BCUT2D eigenvalue weighted by Gasteiger charge is 2.17. The summed E-state index contributed by atoms with van der Waals surface area (Å²) in [5.74, 6) is -0.533. The van der Waals surface area contributed by atoms with Crippen LogP contribution in [0.2, 0.25) is 0 Å². The highest BCUT2D eigenvalue weighted by atomic mass is 32.2.